The highest BCUT2D eigenvalue weighted by molar-refractivity contribution is 6.07. The van der Waals surface area contributed by atoms with E-state index in [0.717, 1.165) is 27.9 Å². The Morgan fingerprint density at radius 3 is 2.62 bits per heavy atom. The van der Waals surface area contributed by atoms with Crippen molar-refractivity contribution in [3.63, 3.8) is 0 Å². The van der Waals surface area contributed by atoms with Crippen molar-refractivity contribution in [1.29, 1.82) is 0 Å². The second-order valence-electron chi connectivity index (χ2n) is 5.38. The number of rotatable bonds is 1. The first kappa shape index (κ1) is 12.1. The number of hydrogen-bond acceptors (Lipinski definition) is 2. The first-order chi connectivity index (χ1) is 10.2. The van der Waals surface area contributed by atoms with E-state index >= 15 is 0 Å². The van der Waals surface area contributed by atoms with E-state index in [4.69, 9.17) is 4.98 Å². The topological polar surface area (TPSA) is 50.2 Å². The van der Waals surface area contributed by atoms with Crippen LogP contribution in [0.2, 0.25) is 0 Å². The van der Waals surface area contributed by atoms with Crippen LogP contribution in [-0.2, 0) is 0 Å². The summed E-state index contributed by atoms with van der Waals surface area (Å²) in [4.78, 5) is 16.6. The molecule has 0 bridgehead atoms. The zero-order chi connectivity index (χ0) is 14.6. The van der Waals surface area contributed by atoms with E-state index in [0.29, 0.717) is 10.9 Å². The van der Waals surface area contributed by atoms with Gasteiger partial charge in [-0.15, -0.1) is 0 Å². The number of fused-ring (bicyclic) bond motifs is 4. The number of para-hydroxylation sites is 1. The molecule has 0 fully saturated rings. The number of aromatic carboxylic acids is 1. The number of carbonyl (C=O) groups is 1. The summed E-state index contributed by atoms with van der Waals surface area (Å²) in [7, 11) is 0. The highest BCUT2D eigenvalue weighted by Gasteiger charge is 2.32. The van der Waals surface area contributed by atoms with Gasteiger partial charge in [0.2, 0.25) is 0 Å². The van der Waals surface area contributed by atoms with Crippen molar-refractivity contribution in [2.75, 3.05) is 0 Å². The van der Waals surface area contributed by atoms with Crippen molar-refractivity contribution >= 4 is 16.9 Å². The first-order valence-electron chi connectivity index (χ1n) is 6.93. The molecule has 3 heteroatoms. The van der Waals surface area contributed by atoms with Crippen LogP contribution in [0.25, 0.3) is 22.2 Å². The Balaban J connectivity index is 2.19. The SMILES string of the molecule is C[C@@H]1c2ccccc2-c2nc3ccccc3c(C(=O)O)c21. The van der Waals surface area contributed by atoms with Crippen LogP contribution in [0.4, 0.5) is 0 Å². The van der Waals surface area contributed by atoms with E-state index in [2.05, 4.69) is 6.07 Å². The Hall–Kier alpha value is -2.68. The van der Waals surface area contributed by atoms with Gasteiger partial charge in [-0.25, -0.2) is 9.78 Å². The van der Waals surface area contributed by atoms with Gasteiger partial charge in [0.25, 0.3) is 0 Å². The number of nitrogens with zero attached hydrogens (tertiary/aromatic N) is 1. The van der Waals surface area contributed by atoms with Crippen molar-refractivity contribution in [1.82, 2.24) is 4.98 Å². The lowest BCUT2D eigenvalue weighted by molar-refractivity contribution is 0.0697. The minimum Gasteiger partial charge on any atom is -0.478 e. The fourth-order valence-electron chi connectivity index (χ4n) is 3.33. The number of carboxylic acids is 1. The molecular formula is C18H13NO2. The lowest BCUT2D eigenvalue weighted by Gasteiger charge is -2.12. The molecule has 0 amide bonds. The average molecular weight is 275 g/mol. The molecule has 4 rings (SSSR count). The second kappa shape index (κ2) is 4.16. The van der Waals surface area contributed by atoms with Gasteiger partial charge in [0.1, 0.15) is 0 Å². The van der Waals surface area contributed by atoms with Gasteiger partial charge in [0.05, 0.1) is 16.8 Å². The molecule has 1 aliphatic rings. The summed E-state index contributed by atoms with van der Waals surface area (Å²) in [5, 5.41) is 10.4. The quantitative estimate of drug-likeness (QED) is 0.728. The molecule has 1 aliphatic carbocycles. The monoisotopic (exact) mass is 275 g/mol. The third-order valence-corrected chi connectivity index (χ3v) is 4.26. The van der Waals surface area contributed by atoms with Crippen LogP contribution in [0.1, 0.15) is 34.3 Å². The predicted octanol–water partition coefficient (Wildman–Crippen LogP) is 4.07. The molecule has 0 aliphatic heterocycles. The van der Waals surface area contributed by atoms with Crippen LogP contribution < -0.4 is 0 Å². The van der Waals surface area contributed by atoms with Crippen LogP contribution >= 0.6 is 0 Å². The molecular weight excluding hydrogens is 262 g/mol. The highest BCUT2D eigenvalue weighted by Crippen LogP contribution is 2.46. The molecule has 1 N–H and O–H groups in total. The predicted molar refractivity (Wildman–Crippen MR) is 81.7 cm³/mol. The van der Waals surface area contributed by atoms with Gasteiger partial charge < -0.3 is 5.11 Å². The third-order valence-electron chi connectivity index (χ3n) is 4.26. The summed E-state index contributed by atoms with van der Waals surface area (Å²) in [6, 6.07) is 15.5. The Labute approximate surface area is 121 Å². The van der Waals surface area contributed by atoms with E-state index < -0.39 is 5.97 Å². The zero-order valence-electron chi connectivity index (χ0n) is 11.5. The maximum absolute atomic E-state index is 11.8. The lowest BCUT2D eigenvalue weighted by atomic mass is 9.93. The summed E-state index contributed by atoms with van der Waals surface area (Å²) in [6.45, 7) is 2.05. The number of hydrogen-bond donors (Lipinski definition) is 1. The molecule has 0 spiro atoms. The van der Waals surface area contributed by atoms with E-state index in [1.807, 2.05) is 49.4 Å². The molecule has 21 heavy (non-hydrogen) atoms. The molecule has 1 atom stereocenters. The summed E-state index contributed by atoms with van der Waals surface area (Å²) < 4.78 is 0. The highest BCUT2D eigenvalue weighted by atomic mass is 16.4. The third kappa shape index (κ3) is 1.54. The standard InChI is InChI=1S/C18H13NO2/c1-10-11-6-2-3-7-12(11)17-15(10)16(18(20)21)13-8-4-5-9-14(13)19-17/h2-10H,1H3,(H,20,21)/t10-/m1/s1. The van der Waals surface area contributed by atoms with E-state index in [1.165, 1.54) is 0 Å². The van der Waals surface area contributed by atoms with Gasteiger partial charge >= 0.3 is 5.97 Å². The van der Waals surface area contributed by atoms with Crippen molar-refractivity contribution in [3.05, 3.63) is 65.2 Å². The van der Waals surface area contributed by atoms with Crippen LogP contribution in [-0.4, -0.2) is 16.1 Å². The second-order valence-corrected chi connectivity index (χ2v) is 5.38. The van der Waals surface area contributed by atoms with Crippen molar-refractivity contribution in [2.45, 2.75) is 12.8 Å². The minimum atomic E-state index is -0.885. The summed E-state index contributed by atoms with van der Waals surface area (Å²) in [5.74, 6) is -0.830. The van der Waals surface area contributed by atoms with Crippen LogP contribution in [0.15, 0.2) is 48.5 Å². The Morgan fingerprint density at radius 1 is 1.10 bits per heavy atom. The Morgan fingerprint density at radius 2 is 1.81 bits per heavy atom. The van der Waals surface area contributed by atoms with Crippen LogP contribution in [0.3, 0.4) is 0 Å². The van der Waals surface area contributed by atoms with E-state index in [1.54, 1.807) is 0 Å². The van der Waals surface area contributed by atoms with Crippen molar-refractivity contribution in [2.24, 2.45) is 0 Å². The maximum Gasteiger partial charge on any atom is 0.336 e. The molecule has 1 heterocycles. The smallest absolute Gasteiger partial charge is 0.336 e. The van der Waals surface area contributed by atoms with Crippen molar-refractivity contribution in [3.8, 4) is 11.3 Å². The molecule has 0 unspecified atom stereocenters. The maximum atomic E-state index is 11.8. The molecule has 1 aromatic heterocycles. The average Bonchev–Trinajstić information content (AvgIpc) is 2.78. The molecule has 0 saturated heterocycles. The van der Waals surface area contributed by atoms with Gasteiger partial charge in [-0.1, -0.05) is 49.4 Å². The number of pyridine rings is 1. The van der Waals surface area contributed by atoms with Crippen molar-refractivity contribution < 1.29 is 9.90 Å². The Bertz CT molecular complexity index is 899. The van der Waals surface area contributed by atoms with E-state index in [-0.39, 0.29) is 5.92 Å². The minimum absolute atomic E-state index is 0.0550. The molecule has 0 saturated carbocycles. The largest absolute Gasteiger partial charge is 0.478 e. The Kier molecular flexibility index (Phi) is 2.39. The number of benzene rings is 2. The molecule has 0 radical (unpaired) electrons. The van der Waals surface area contributed by atoms with Gasteiger partial charge in [-0.3, -0.25) is 0 Å². The summed E-state index contributed by atoms with van der Waals surface area (Å²) in [5.41, 5.74) is 4.97. The van der Waals surface area contributed by atoms with Gasteiger partial charge in [-0.2, -0.15) is 0 Å². The first-order valence-corrected chi connectivity index (χ1v) is 6.93. The van der Waals surface area contributed by atoms with Gasteiger partial charge in [0, 0.05) is 22.4 Å². The zero-order valence-corrected chi connectivity index (χ0v) is 11.5. The van der Waals surface area contributed by atoms with E-state index in [9.17, 15) is 9.90 Å². The molecule has 3 nitrogen and oxygen atoms in total. The number of aromatic nitrogens is 1. The summed E-state index contributed by atoms with van der Waals surface area (Å²) >= 11 is 0. The number of carboxylic acid groups (broad SMARTS) is 1. The van der Waals surface area contributed by atoms with Crippen LogP contribution in [0.5, 0.6) is 0 Å². The van der Waals surface area contributed by atoms with Gasteiger partial charge in [0.15, 0.2) is 0 Å². The fourth-order valence-corrected chi connectivity index (χ4v) is 3.33. The molecule has 2 aromatic carbocycles. The molecule has 102 valence electrons. The summed E-state index contributed by atoms with van der Waals surface area (Å²) in [6.07, 6.45) is 0. The molecule has 3 aromatic rings. The van der Waals surface area contributed by atoms with Crippen LogP contribution in [0, 0.1) is 0 Å². The normalized spacial score (nSPS) is 15.8. The van der Waals surface area contributed by atoms with Gasteiger partial charge in [-0.05, 0) is 11.6 Å². The lowest BCUT2D eigenvalue weighted by Crippen LogP contribution is -2.06. The fraction of sp³-hybridized carbons (Fsp3) is 0.111.